The maximum absolute atomic E-state index is 12.5. The van der Waals surface area contributed by atoms with Crippen molar-refractivity contribution in [3.63, 3.8) is 0 Å². The van der Waals surface area contributed by atoms with Crippen molar-refractivity contribution in [3.8, 4) is 0 Å². The molecule has 3 rings (SSSR count). The highest BCUT2D eigenvalue weighted by atomic mass is 35.5. The van der Waals surface area contributed by atoms with E-state index in [1.807, 2.05) is 6.07 Å². The number of ether oxygens (including phenoxy) is 1. The third-order valence-electron chi connectivity index (χ3n) is 3.62. The fourth-order valence-corrected chi connectivity index (χ4v) is 2.66. The summed E-state index contributed by atoms with van der Waals surface area (Å²) >= 11 is 5.92. The number of carbonyl (C=O) groups excluding carboxylic acids is 1. The first-order chi connectivity index (χ1) is 11.6. The van der Waals surface area contributed by atoms with Gasteiger partial charge >= 0.3 is 5.97 Å². The van der Waals surface area contributed by atoms with Gasteiger partial charge in [-0.05, 0) is 30.7 Å². The highest BCUT2D eigenvalue weighted by molar-refractivity contribution is 6.30. The second-order valence-electron chi connectivity index (χ2n) is 5.22. The Morgan fingerprint density at radius 1 is 1.17 bits per heavy atom. The van der Waals surface area contributed by atoms with Crippen molar-refractivity contribution in [2.45, 2.75) is 20.1 Å². The molecule has 0 fully saturated rings. The fraction of sp³-hybridized carbons (Fsp3) is 0.167. The van der Waals surface area contributed by atoms with Crippen LogP contribution >= 0.6 is 11.6 Å². The summed E-state index contributed by atoms with van der Waals surface area (Å²) in [7, 11) is 0. The number of rotatable bonds is 4. The Balaban J connectivity index is 1.95. The van der Waals surface area contributed by atoms with Gasteiger partial charge in [-0.1, -0.05) is 41.9 Å². The maximum atomic E-state index is 12.5. The summed E-state index contributed by atoms with van der Waals surface area (Å²) < 4.78 is 6.60. The molecule has 0 amide bonds. The van der Waals surface area contributed by atoms with Crippen molar-refractivity contribution in [1.29, 1.82) is 0 Å². The molecule has 5 nitrogen and oxygen atoms in total. The van der Waals surface area contributed by atoms with Crippen molar-refractivity contribution in [3.05, 3.63) is 75.2 Å². The van der Waals surface area contributed by atoms with Crippen LogP contribution in [-0.2, 0) is 17.9 Å². The van der Waals surface area contributed by atoms with Gasteiger partial charge in [0.1, 0.15) is 6.61 Å². The lowest BCUT2D eigenvalue weighted by molar-refractivity contribution is 0.0465. The van der Waals surface area contributed by atoms with Crippen LogP contribution in [-0.4, -0.2) is 15.7 Å². The molecule has 0 unspecified atom stereocenters. The third kappa shape index (κ3) is 3.16. The summed E-state index contributed by atoms with van der Waals surface area (Å²) in [6.07, 6.45) is 0. The average Bonchev–Trinajstić information content (AvgIpc) is 2.60. The van der Waals surface area contributed by atoms with E-state index in [9.17, 15) is 9.59 Å². The molecule has 0 radical (unpaired) electrons. The molecular weight excluding hydrogens is 328 g/mol. The van der Waals surface area contributed by atoms with Gasteiger partial charge in [-0.25, -0.2) is 9.48 Å². The number of fused-ring (bicyclic) bond motifs is 1. The van der Waals surface area contributed by atoms with Crippen LogP contribution in [0.2, 0.25) is 5.02 Å². The van der Waals surface area contributed by atoms with Crippen molar-refractivity contribution in [2.75, 3.05) is 0 Å². The van der Waals surface area contributed by atoms with Crippen LogP contribution in [0.25, 0.3) is 10.8 Å². The second kappa shape index (κ2) is 6.84. The van der Waals surface area contributed by atoms with Gasteiger partial charge in [0.05, 0.1) is 5.39 Å². The smallest absolute Gasteiger partial charge is 0.359 e. The van der Waals surface area contributed by atoms with Crippen molar-refractivity contribution >= 4 is 28.3 Å². The second-order valence-corrected chi connectivity index (χ2v) is 5.66. The molecule has 0 bridgehead atoms. The summed E-state index contributed by atoms with van der Waals surface area (Å²) in [5.74, 6) is -0.576. The molecule has 2 aromatic carbocycles. The molecular formula is C18H15ClN2O3. The number of carbonyl (C=O) groups is 1. The highest BCUT2D eigenvalue weighted by Gasteiger charge is 2.17. The standard InChI is InChI=1S/C18H15ClN2O3/c1-2-21-17(22)15-9-4-3-8-14(15)16(20-21)18(23)24-11-12-6-5-7-13(19)10-12/h3-10H,2,11H2,1H3. The van der Waals surface area contributed by atoms with Crippen LogP contribution in [0, 0.1) is 0 Å². The highest BCUT2D eigenvalue weighted by Crippen LogP contribution is 2.16. The predicted octanol–water partition coefficient (Wildman–Crippen LogP) is 3.43. The van der Waals surface area contributed by atoms with Crippen molar-refractivity contribution in [2.24, 2.45) is 0 Å². The topological polar surface area (TPSA) is 61.2 Å². The molecule has 24 heavy (non-hydrogen) atoms. The number of hydrogen-bond donors (Lipinski definition) is 0. The van der Waals surface area contributed by atoms with E-state index >= 15 is 0 Å². The van der Waals surface area contributed by atoms with Gasteiger partial charge in [0.25, 0.3) is 5.56 Å². The van der Waals surface area contributed by atoms with E-state index in [4.69, 9.17) is 16.3 Å². The van der Waals surface area contributed by atoms with E-state index in [0.717, 1.165) is 5.56 Å². The first-order valence-corrected chi connectivity index (χ1v) is 7.89. The third-order valence-corrected chi connectivity index (χ3v) is 3.85. The van der Waals surface area contributed by atoms with Crippen LogP contribution in [0.3, 0.4) is 0 Å². The van der Waals surface area contributed by atoms with Gasteiger partial charge in [0, 0.05) is 17.0 Å². The first kappa shape index (κ1) is 16.2. The van der Waals surface area contributed by atoms with Crippen LogP contribution in [0.1, 0.15) is 23.0 Å². The number of nitrogens with zero attached hydrogens (tertiary/aromatic N) is 2. The Morgan fingerprint density at radius 2 is 1.92 bits per heavy atom. The number of hydrogen-bond acceptors (Lipinski definition) is 4. The van der Waals surface area contributed by atoms with E-state index in [1.165, 1.54) is 4.68 Å². The van der Waals surface area contributed by atoms with E-state index in [1.54, 1.807) is 49.4 Å². The van der Waals surface area contributed by atoms with Gasteiger partial charge in [0.15, 0.2) is 5.69 Å². The zero-order chi connectivity index (χ0) is 17.1. The number of esters is 1. The largest absolute Gasteiger partial charge is 0.456 e. The quantitative estimate of drug-likeness (QED) is 0.681. The molecule has 0 spiro atoms. The summed E-state index contributed by atoms with van der Waals surface area (Å²) in [6, 6.07) is 14.0. The molecule has 6 heteroatoms. The molecule has 0 saturated heterocycles. The number of halogens is 1. The molecule has 0 aliphatic heterocycles. The van der Waals surface area contributed by atoms with Crippen LogP contribution < -0.4 is 5.56 Å². The summed E-state index contributed by atoms with van der Waals surface area (Å²) in [6.45, 7) is 2.25. The van der Waals surface area contributed by atoms with Crippen LogP contribution in [0.5, 0.6) is 0 Å². The molecule has 0 aliphatic carbocycles. The zero-order valence-corrected chi connectivity index (χ0v) is 13.8. The van der Waals surface area contributed by atoms with E-state index in [2.05, 4.69) is 5.10 Å². The zero-order valence-electron chi connectivity index (χ0n) is 13.0. The maximum Gasteiger partial charge on any atom is 0.359 e. The Hall–Kier alpha value is -2.66. The predicted molar refractivity (Wildman–Crippen MR) is 92.2 cm³/mol. The van der Waals surface area contributed by atoms with Gasteiger partial charge in [-0.2, -0.15) is 5.10 Å². The number of aromatic nitrogens is 2. The minimum absolute atomic E-state index is 0.0840. The molecule has 1 heterocycles. The average molecular weight is 343 g/mol. The van der Waals surface area contributed by atoms with Gasteiger partial charge in [-0.3, -0.25) is 4.79 Å². The Morgan fingerprint density at radius 3 is 2.62 bits per heavy atom. The number of benzene rings is 2. The fourth-order valence-electron chi connectivity index (χ4n) is 2.44. The van der Waals surface area contributed by atoms with E-state index in [-0.39, 0.29) is 17.9 Å². The monoisotopic (exact) mass is 342 g/mol. The molecule has 0 saturated carbocycles. The lowest BCUT2D eigenvalue weighted by atomic mass is 10.1. The van der Waals surface area contributed by atoms with Crippen LogP contribution in [0.15, 0.2) is 53.3 Å². The Labute approximate surface area is 143 Å². The summed E-state index contributed by atoms with van der Waals surface area (Å²) in [5, 5.41) is 5.67. The van der Waals surface area contributed by atoms with Crippen LogP contribution in [0.4, 0.5) is 0 Å². The Bertz CT molecular complexity index is 966. The molecule has 0 atom stereocenters. The van der Waals surface area contributed by atoms with Gasteiger partial charge in [0.2, 0.25) is 0 Å². The molecule has 122 valence electrons. The first-order valence-electron chi connectivity index (χ1n) is 7.51. The molecule has 0 N–H and O–H groups in total. The number of aryl methyl sites for hydroxylation is 1. The lowest BCUT2D eigenvalue weighted by Gasteiger charge is -2.10. The van der Waals surface area contributed by atoms with Gasteiger partial charge < -0.3 is 4.74 Å². The van der Waals surface area contributed by atoms with Crippen molar-refractivity contribution in [1.82, 2.24) is 9.78 Å². The molecule has 3 aromatic rings. The normalized spacial score (nSPS) is 10.8. The lowest BCUT2D eigenvalue weighted by Crippen LogP contribution is -2.25. The minimum atomic E-state index is -0.576. The van der Waals surface area contributed by atoms with E-state index in [0.29, 0.717) is 22.3 Å². The minimum Gasteiger partial charge on any atom is -0.456 e. The van der Waals surface area contributed by atoms with E-state index < -0.39 is 5.97 Å². The SMILES string of the molecule is CCn1nc(C(=O)OCc2cccc(Cl)c2)c2ccccc2c1=O. The molecule has 0 aliphatic rings. The van der Waals surface area contributed by atoms with Crippen molar-refractivity contribution < 1.29 is 9.53 Å². The summed E-state index contributed by atoms with van der Waals surface area (Å²) in [5.41, 5.74) is 0.692. The summed E-state index contributed by atoms with van der Waals surface area (Å²) in [4.78, 5) is 24.7. The molecule has 1 aromatic heterocycles. The van der Waals surface area contributed by atoms with Gasteiger partial charge in [-0.15, -0.1) is 0 Å². The Kier molecular flexibility index (Phi) is 4.62.